The minimum Gasteiger partial charge on any atom is -0.492 e. The fraction of sp³-hybridized carbons (Fsp3) is 0.500. The van der Waals surface area contributed by atoms with Crippen LogP contribution in [-0.4, -0.2) is 37.6 Å². The van der Waals surface area contributed by atoms with Crippen molar-refractivity contribution in [3.05, 3.63) is 21.3 Å². The summed E-state index contributed by atoms with van der Waals surface area (Å²) in [5.41, 5.74) is 0.636. The summed E-state index contributed by atoms with van der Waals surface area (Å²) in [6.07, 6.45) is 0. The minimum atomic E-state index is 0.0199. The van der Waals surface area contributed by atoms with Gasteiger partial charge in [-0.3, -0.25) is 4.79 Å². The summed E-state index contributed by atoms with van der Waals surface area (Å²) in [5, 5.41) is 0. The van der Waals surface area contributed by atoms with Gasteiger partial charge in [-0.1, -0.05) is 0 Å². The molecule has 0 aliphatic rings. The molecule has 5 heteroatoms. The molecule has 19 heavy (non-hydrogen) atoms. The van der Waals surface area contributed by atoms with Crippen molar-refractivity contribution in [2.24, 2.45) is 0 Å². The van der Waals surface area contributed by atoms with Gasteiger partial charge in [-0.15, -0.1) is 0 Å². The average molecular weight is 377 g/mol. The van der Waals surface area contributed by atoms with Crippen molar-refractivity contribution in [2.75, 3.05) is 26.8 Å². The summed E-state index contributed by atoms with van der Waals surface area (Å²) in [6.45, 7) is 7.78. The highest BCUT2D eigenvalue weighted by atomic mass is 127. The summed E-state index contributed by atoms with van der Waals surface area (Å²) < 4.78 is 11.7. The van der Waals surface area contributed by atoms with Gasteiger partial charge < -0.3 is 14.4 Å². The number of hydrogen-bond acceptors (Lipinski definition) is 3. The van der Waals surface area contributed by atoms with Gasteiger partial charge in [0.1, 0.15) is 0 Å². The molecule has 0 atom stereocenters. The van der Waals surface area contributed by atoms with Gasteiger partial charge in [0.15, 0.2) is 11.5 Å². The van der Waals surface area contributed by atoms with Crippen molar-refractivity contribution in [1.82, 2.24) is 4.90 Å². The Morgan fingerprint density at radius 1 is 1.26 bits per heavy atom. The molecular formula is C14H20INO3. The first-order valence-electron chi connectivity index (χ1n) is 6.38. The molecule has 0 saturated carbocycles. The van der Waals surface area contributed by atoms with Crippen LogP contribution in [0.3, 0.4) is 0 Å². The molecule has 106 valence electrons. The van der Waals surface area contributed by atoms with Crippen molar-refractivity contribution in [3.8, 4) is 11.5 Å². The smallest absolute Gasteiger partial charge is 0.254 e. The van der Waals surface area contributed by atoms with Crippen LogP contribution >= 0.6 is 22.6 Å². The van der Waals surface area contributed by atoms with E-state index < -0.39 is 0 Å². The molecule has 0 bridgehead atoms. The van der Waals surface area contributed by atoms with E-state index in [2.05, 4.69) is 22.6 Å². The van der Waals surface area contributed by atoms with Gasteiger partial charge in [0.25, 0.3) is 5.91 Å². The first-order chi connectivity index (χ1) is 9.08. The Balaban J connectivity index is 3.19. The third-order valence-electron chi connectivity index (χ3n) is 2.81. The molecule has 0 saturated heterocycles. The number of nitrogens with zero attached hydrogens (tertiary/aromatic N) is 1. The summed E-state index contributed by atoms with van der Waals surface area (Å²) in [7, 11) is 1.60. The van der Waals surface area contributed by atoms with E-state index in [9.17, 15) is 4.79 Å². The number of hydrogen-bond donors (Lipinski definition) is 0. The number of halogens is 1. The van der Waals surface area contributed by atoms with E-state index in [4.69, 9.17) is 9.47 Å². The van der Waals surface area contributed by atoms with E-state index in [-0.39, 0.29) is 5.91 Å². The highest BCUT2D eigenvalue weighted by Gasteiger charge is 2.18. The maximum atomic E-state index is 12.3. The van der Waals surface area contributed by atoms with Crippen LogP contribution in [0.4, 0.5) is 0 Å². The molecular weight excluding hydrogens is 357 g/mol. The Morgan fingerprint density at radius 2 is 1.89 bits per heavy atom. The molecule has 0 radical (unpaired) electrons. The normalized spacial score (nSPS) is 10.2. The van der Waals surface area contributed by atoms with Crippen LogP contribution in [-0.2, 0) is 0 Å². The second-order valence-electron chi connectivity index (χ2n) is 3.90. The fourth-order valence-electron chi connectivity index (χ4n) is 1.85. The van der Waals surface area contributed by atoms with Crippen LogP contribution in [0.2, 0.25) is 0 Å². The molecule has 1 amide bonds. The molecule has 1 aromatic rings. The van der Waals surface area contributed by atoms with E-state index in [1.54, 1.807) is 18.1 Å². The molecule has 0 fully saturated rings. The van der Waals surface area contributed by atoms with Gasteiger partial charge >= 0.3 is 0 Å². The van der Waals surface area contributed by atoms with Crippen molar-refractivity contribution in [3.63, 3.8) is 0 Å². The molecule has 4 nitrogen and oxygen atoms in total. The maximum absolute atomic E-state index is 12.3. The lowest BCUT2D eigenvalue weighted by atomic mass is 10.1. The predicted octanol–water partition coefficient (Wildman–Crippen LogP) is 3.18. The number of carbonyl (C=O) groups is 1. The average Bonchev–Trinajstić information content (AvgIpc) is 2.40. The van der Waals surface area contributed by atoms with E-state index in [1.807, 2.05) is 26.8 Å². The quantitative estimate of drug-likeness (QED) is 0.715. The lowest BCUT2D eigenvalue weighted by molar-refractivity contribution is 0.0772. The standard InChI is InChI=1S/C14H20INO3/c1-5-16(6-2)14(17)10-8-11(15)13(18-4)12(9-10)19-7-3/h8-9H,5-7H2,1-4H3. The van der Waals surface area contributed by atoms with Crippen molar-refractivity contribution >= 4 is 28.5 Å². The first kappa shape index (κ1) is 16.1. The SMILES string of the molecule is CCOc1cc(C(=O)N(CC)CC)cc(I)c1OC. The van der Waals surface area contributed by atoms with E-state index >= 15 is 0 Å². The summed E-state index contributed by atoms with van der Waals surface area (Å²) in [5.74, 6) is 1.32. The van der Waals surface area contributed by atoms with Crippen molar-refractivity contribution < 1.29 is 14.3 Å². The maximum Gasteiger partial charge on any atom is 0.254 e. The number of rotatable bonds is 6. The largest absolute Gasteiger partial charge is 0.492 e. The highest BCUT2D eigenvalue weighted by molar-refractivity contribution is 14.1. The van der Waals surface area contributed by atoms with Crippen LogP contribution in [0.1, 0.15) is 31.1 Å². The lowest BCUT2D eigenvalue weighted by Gasteiger charge is -2.20. The van der Waals surface area contributed by atoms with Crippen LogP contribution in [0, 0.1) is 3.57 Å². The zero-order chi connectivity index (χ0) is 14.4. The summed E-state index contributed by atoms with van der Waals surface area (Å²) in [6, 6.07) is 3.59. The summed E-state index contributed by atoms with van der Waals surface area (Å²) >= 11 is 2.16. The van der Waals surface area contributed by atoms with Crippen molar-refractivity contribution in [1.29, 1.82) is 0 Å². The van der Waals surface area contributed by atoms with E-state index in [0.29, 0.717) is 36.8 Å². The Kier molecular flexibility index (Phi) is 6.41. The molecule has 0 N–H and O–H groups in total. The number of ether oxygens (including phenoxy) is 2. The van der Waals surface area contributed by atoms with Gasteiger partial charge in [0.05, 0.1) is 17.3 Å². The second-order valence-corrected chi connectivity index (χ2v) is 5.06. The van der Waals surface area contributed by atoms with Crippen molar-refractivity contribution in [2.45, 2.75) is 20.8 Å². The van der Waals surface area contributed by atoms with Gasteiger partial charge in [-0.2, -0.15) is 0 Å². The number of benzene rings is 1. The number of methoxy groups -OCH3 is 1. The third kappa shape index (κ3) is 3.75. The highest BCUT2D eigenvalue weighted by Crippen LogP contribution is 2.34. The second kappa shape index (κ2) is 7.57. The molecule has 0 aliphatic carbocycles. The zero-order valence-corrected chi connectivity index (χ0v) is 14.0. The van der Waals surface area contributed by atoms with Gasteiger partial charge in [-0.05, 0) is 55.5 Å². The Hall–Kier alpha value is -0.980. The van der Waals surface area contributed by atoms with Crippen LogP contribution in [0.15, 0.2) is 12.1 Å². The van der Waals surface area contributed by atoms with Gasteiger partial charge in [-0.25, -0.2) is 0 Å². The van der Waals surface area contributed by atoms with E-state index in [0.717, 1.165) is 3.57 Å². The topological polar surface area (TPSA) is 38.8 Å². The third-order valence-corrected chi connectivity index (χ3v) is 3.61. The lowest BCUT2D eigenvalue weighted by Crippen LogP contribution is -2.30. The zero-order valence-electron chi connectivity index (χ0n) is 11.8. The summed E-state index contributed by atoms with van der Waals surface area (Å²) in [4.78, 5) is 14.1. The van der Waals surface area contributed by atoms with Gasteiger partial charge in [0, 0.05) is 18.7 Å². The molecule has 0 spiro atoms. The molecule has 0 aliphatic heterocycles. The molecule has 0 aromatic heterocycles. The predicted molar refractivity (Wildman–Crippen MR) is 84.1 cm³/mol. The number of carbonyl (C=O) groups excluding carboxylic acids is 1. The Labute approximate surface area is 128 Å². The van der Waals surface area contributed by atoms with Gasteiger partial charge in [0.2, 0.25) is 0 Å². The monoisotopic (exact) mass is 377 g/mol. The molecule has 1 aromatic carbocycles. The fourth-order valence-corrected chi connectivity index (χ4v) is 2.67. The Bertz CT molecular complexity index is 445. The van der Waals surface area contributed by atoms with Crippen LogP contribution in [0.5, 0.6) is 11.5 Å². The number of amides is 1. The van der Waals surface area contributed by atoms with Crippen LogP contribution in [0.25, 0.3) is 0 Å². The molecule has 0 heterocycles. The molecule has 0 unspecified atom stereocenters. The molecule has 1 rings (SSSR count). The minimum absolute atomic E-state index is 0.0199. The van der Waals surface area contributed by atoms with Crippen LogP contribution < -0.4 is 9.47 Å². The Morgan fingerprint density at radius 3 is 2.37 bits per heavy atom. The first-order valence-corrected chi connectivity index (χ1v) is 7.46. The van der Waals surface area contributed by atoms with E-state index in [1.165, 1.54) is 0 Å².